The Labute approximate surface area is 183 Å². The Kier molecular flexibility index (Phi) is 7.38. The number of phosphoric ester groups is 1. The predicted molar refractivity (Wildman–Crippen MR) is 97.6 cm³/mol. The van der Waals surface area contributed by atoms with E-state index in [2.05, 4.69) is 18.2 Å². The summed E-state index contributed by atoms with van der Waals surface area (Å²) in [6.45, 7) is -5.22. The van der Waals surface area contributed by atoms with Gasteiger partial charge >= 0.3 is 29.2 Å². The van der Waals surface area contributed by atoms with Crippen molar-refractivity contribution in [3.63, 3.8) is 0 Å². The van der Waals surface area contributed by atoms with Crippen LogP contribution in [0, 0.1) is 11.8 Å². The highest BCUT2D eigenvalue weighted by atomic mass is 31.3. The van der Waals surface area contributed by atoms with Crippen molar-refractivity contribution in [1.82, 2.24) is 14.8 Å². The van der Waals surface area contributed by atoms with Gasteiger partial charge in [-0.25, -0.2) is 22.9 Å². The van der Waals surface area contributed by atoms with Gasteiger partial charge in [-0.15, -0.1) is 0 Å². The van der Waals surface area contributed by atoms with Crippen molar-refractivity contribution >= 4 is 23.5 Å². The summed E-state index contributed by atoms with van der Waals surface area (Å²) in [5.41, 5.74) is -5.48. The van der Waals surface area contributed by atoms with E-state index in [1.54, 1.807) is 16.8 Å². The molecule has 0 amide bonds. The zero-order valence-corrected chi connectivity index (χ0v) is 18.2. The predicted octanol–water partition coefficient (Wildman–Crippen LogP) is -2.76. The molecular formula is C11H15FN3O15P3. The van der Waals surface area contributed by atoms with Crippen molar-refractivity contribution in [3.05, 3.63) is 27.0 Å². The lowest BCUT2D eigenvalue weighted by atomic mass is 9.95. The second-order valence-corrected chi connectivity index (χ2v) is 10.1. The minimum absolute atomic E-state index is 0.151. The molecule has 1 aliphatic rings. The Morgan fingerprint density at radius 2 is 1.91 bits per heavy atom. The first-order valence-corrected chi connectivity index (χ1v) is 12.4. The minimum Gasteiger partial charge on any atom is -0.386 e. The van der Waals surface area contributed by atoms with Crippen LogP contribution >= 0.6 is 23.5 Å². The molecule has 0 spiro atoms. The van der Waals surface area contributed by atoms with Gasteiger partial charge < -0.3 is 34.5 Å². The summed E-state index contributed by atoms with van der Waals surface area (Å²) < 4.78 is 78.3. The molecule has 2 rings (SSSR count). The van der Waals surface area contributed by atoms with Gasteiger partial charge in [-0.05, 0) is 0 Å². The van der Waals surface area contributed by atoms with Crippen LogP contribution in [-0.2, 0) is 31.6 Å². The van der Waals surface area contributed by atoms with Crippen LogP contribution in [0.4, 0.5) is 4.39 Å². The van der Waals surface area contributed by atoms with Gasteiger partial charge in [0.25, 0.3) is 5.56 Å². The maximum atomic E-state index is 12.6. The second kappa shape index (κ2) is 9.94. The third-order valence-corrected chi connectivity index (χ3v) is 7.07. The molecule has 1 fully saturated rings. The third kappa shape index (κ3) is 7.18. The number of phosphoric acid groups is 3. The standard InChI is InChI=1S/C11H15FN3O15P3/c12-3-1-2-11(19)8(17)6(28-9(11)15-10(18)14-7(16)4-13-15)5-27-32(23,24)30-33(25,26)29-31(20,21)22/h4,6,8-9,17,19H,3,5H2,(H,23,24)(H,25,26)(H,14,16,18)(H2,20,21,22)/t6-,8+,9-,11?/m1/s1/i5D2. The van der Waals surface area contributed by atoms with Crippen LogP contribution in [0.2, 0.25) is 0 Å². The van der Waals surface area contributed by atoms with Crippen molar-refractivity contribution < 1.29 is 68.5 Å². The molecule has 1 aromatic rings. The summed E-state index contributed by atoms with van der Waals surface area (Å²) in [5, 5.41) is 24.5. The van der Waals surface area contributed by atoms with Gasteiger partial charge in [0, 0.05) is 0 Å². The van der Waals surface area contributed by atoms with Crippen LogP contribution < -0.4 is 11.2 Å². The molecule has 18 nitrogen and oxygen atoms in total. The number of aliphatic hydroxyl groups is 2. The molecule has 33 heavy (non-hydrogen) atoms. The van der Waals surface area contributed by atoms with E-state index in [0.29, 0.717) is 6.20 Å². The highest BCUT2D eigenvalue weighted by Gasteiger charge is 2.57. The fourth-order valence-corrected chi connectivity index (χ4v) is 5.16. The van der Waals surface area contributed by atoms with E-state index < -0.39 is 72.0 Å². The van der Waals surface area contributed by atoms with Gasteiger partial charge in [-0.1, -0.05) is 11.8 Å². The zero-order chi connectivity index (χ0) is 27.0. The molecule has 0 aliphatic carbocycles. The Balaban J connectivity index is 2.43. The van der Waals surface area contributed by atoms with Crippen LogP contribution in [0.25, 0.3) is 0 Å². The van der Waals surface area contributed by atoms with Gasteiger partial charge in [0.1, 0.15) is 25.1 Å². The number of rotatable bonds is 8. The number of halogens is 1. The summed E-state index contributed by atoms with van der Waals surface area (Å²) in [6.07, 6.45) is -7.05. The number of hydrogen-bond acceptors (Lipinski definition) is 12. The smallest absolute Gasteiger partial charge is 0.386 e. The van der Waals surface area contributed by atoms with Crippen molar-refractivity contribution in [1.29, 1.82) is 0 Å². The molecule has 2 heterocycles. The molecule has 1 saturated heterocycles. The summed E-state index contributed by atoms with van der Waals surface area (Å²) in [7, 11) is -17.9. The first-order valence-electron chi connectivity index (χ1n) is 8.88. The zero-order valence-electron chi connectivity index (χ0n) is 17.5. The number of ether oxygens (including phenoxy) is 1. The molecule has 1 aliphatic heterocycles. The highest BCUT2D eigenvalue weighted by Crippen LogP contribution is 2.66. The molecule has 0 bridgehead atoms. The van der Waals surface area contributed by atoms with Crippen molar-refractivity contribution in [2.45, 2.75) is 24.0 Å². The number of hydrogen-bond donors (Lipinski definition) is 7. The van der Waals surface area contributed by atoms with Gasteiger partial charge in [0.15, 0.2) is 6.23 Å². The Hall–Kier alpha value is -1.61. The van der Waals surface area contributed by atoms with E-state index in [1.807, 2.05) is 0 Å². The molecule has 3 unspecified atom stereocenters. The molecule has 7 N–H and O–H groups in total. The molecule has 6 atom stereocenters. The lowest BCUT2D eigenvalue weighted by molar-refractivity contribution is -0.0834. The van der Waals surface area contributed by atoms with E-state index >= 15 is 0 Å². The summed E-state index contributed by atoms with van der Waals surface area (Å²) >= 11 is 0. The van der Waals surface area contributed by atoms with Gasteiger partial charge in [-0.2, -0.15) is 18.4 Å². The topological polar surface area (TPSA) is 277 Å². The largest absolute Gasteiger partial charge is 0.490 e. The van der Waals surface area contributed by atoms with E-state index in [0.717, 1.165) is 0 Å². The van der Waals surface area contributed by atoms with Gasteiger partial charge in [0.05, 0.1) is 9.30 Å². The summed E-state index contributed by atoms with van der Waals surface area (Å²) in [5.74, 6) is 3.45. The number of alkyl halides is 1. The Bertz CT molecular complexity index is 1290. The SMILES string of the molecule is [2H]C([2H])(OP(=O)(O)OP(=O)(O)OP(=O)(O)O)[C@H]1O[C@@H](n2ncc(=O)[nH]c2=O)C(O)(C#CCF)[C@H]1O. The third-order valence-electron chi connectivity index (χ3n) is 3.40. The molecule has 186 valence electrons. The fraction of sp³-hybridized carbons (Fsp3) is 0.545. The van der Waals surface area contributed by atoms with Crippen molar-refractivity contribution in [2.75, 3.05) is 13.2 Å². The van der Waals surface area contributed by atoms with Crippen LogP contribution in [-0.4, -0.2) is 75.6 Å². The summed E-state index contributed by atoms with van der Waals surface area (Å²) in [4.78, 5) is 60.7. The van der Waals surface area contributed by atoms with E-state index in [9.17, 15) is 42.8 Å². The number of nitrogens with zero attached hydrogens (tertiary/aromatic N) is 2. The molecule has 0 aromatic carbocycles. The number of aromatic nitrogens is 3. The number of H-pyrrole nitrogens is 1. The molecule has 0 saturated carbocycles. The quantitative estimate of drug-likeness (QED) is 0.129. The van der Waals surface area contributed by atoms with Crippen molar-refractivity contribution in [3.8, 4) is 11.8 Å². The average molecular weight is 543 g/mol. The summed E-state index contributed by atoms with van der Waals surface area (Å²) in [6, 6.07) is 0. The molecule has 0 radical (unpaired) electrons. The second-order valence-electron chi connectivity index (χ2n) is 5.80. The maximum Gasteiger partial charge on any atom is 0.490 e. The van der Waals surface area contributed by atoms with Crippen molar-refractivity contribution in [2.24, 2.45) is 0 Å². The lowest BCUT2D eigenvalue weighted by Crippen LogP contribution is -2.49. The van der Waals surface area contributed by atoms with Crippen LogP contribution in [0.3, 0.4) is 0 Å². The molecule has 22 heteroatoms. The van der Waals surface area contributed by atoms with Crippen LogP contribution in [0.15, 0.2) is 15.8 Å². The molecular weight excluding hydrogens is 526 g/mol. The first kappa shape index (κ1) is 24.5. The van der Waals surface area contributed by atoms with E-state index in [-0.39, 0.29) is 4.68 Å². The van der Waals surface area contributed by atoms with E-state index in [1.165, 1.54) is 0 Å². The Morgan fingerprint density at radius 1 is 1.27 bits per heavy atom. The molecule has 1 aromatic heterocycles. The van der Waals surface area contributed by atoms with E-state index in [4.69, 9.17) is 22.2 Å². The minimum atomic E-state index is -6.13. The normalized spacial score (nSPS) is 30.3. The number of aromatic amines is 1. The fourth-order valence-electron chi connectivity index (χ4n) is 2.28. The van der Waals surface area contributed by atoms with Gasteiger partial charge in [0.2, 0.25) is 5.60 Å². The number of aliphatic hydroxyl groups excluding tert-OH is 1. The first-order chi connectivity index (χ1) is 15.7. The maximum absolute atomic E-state index is 12.6. The lowest BCUT2D eigenvalue weighted by Gasteiger charge is -2.25. The van der Waals surface area contributed by atoms with Gasteiger partial charge in [-0.3, -0.25) is 14.3 Å². The average Bonchev–Trinajstić information content (AvgIpc) is 2.88. The highest BCUT2D eigenvalue weighted by molar-refractivity contribution is 7.66. The Morgan fingerprint density at radius 3 is 2.45 bits per heavy atom. The van der Waals surface area contributed by atoms with Crippen LogP contribution in [0.1, 0.15) is 8.97 Å². The monoisotopic (exact) mass is 543 g/mol. The number of nitrogens with one attached hydrogen (secondary N) is 1. The van der Waals surface area contributed by atoms with Crippen LogP contribution in [0.5, 0.6) is 0 Å².